The fourth-order valence-electron chi connectivity index (χ4n) is 5.34. The highest BCUT2D eigenvalue weighted by molar-refractivity contribution is 14.1. The van der Waals surface area contributed by atoms with E-state index in [0.717, 1.165) is 50.0 Å². The third kappa shape index (κ3) is 3.09. The molecule has 2 saturated carbocycles. The van der Waals surface area contributed by atoms with Gasteiger partial charge in [0, 0.05) is 47.8 Å². The molecule has 0 spiro atoms. The molecular formula is C23H28IN3O. The first kappa shape index (κ1) is 17.8. The first-order valence-corrected chi connectivity index (χ1v) is 12.2. The van der Waals surface area contributed by atoms with Crippen LogP contribution in [0.3, 0.4) is 0 Å². The number of allylic oxidation sites excluding steroid dienone is 3. The molecule has 4 aliphatic carbocycles. The minimum absolute atomic E-state index is 0.218. The Kier molecular flexibility index (Phi) is 4.26. The standard InChI is InChI=1S/C23H28IN3O/c24-17-7-5-16(6-8-17)23(28)27-11-9-26(10-12-27)22-21-19(15-3-4-15)20(21)18(13-25-22)14-1-2-14/h5-7,13-15,17,21-22,25H,1-4,8-12H2/t17?,21-,22?/m0/s1. The fourth-order valence-corrected chi connectivity index (χ4v) is 5.80. The molecule has 1 saturated heterocycles. The second kappa shape index (κ2) is 6.73. The first-order chi connectivity index (χ1) is 13.7. The maximum atomic E-state index is 12.8. The van der Waals surface area contributed by atoms with Crippen LogP contribution in [0.25, 0.3) is 0 Å². The molecule has 3 atom stereocenters. The number of alkyl halides is 1. The third-order valence-corrected chi connectivity index (χ3v) is 8.16. The molecule has 2 heterocycles. The molecule has 5 heteroatoms. The van der Waals surface area contributed by atoms with Crippen LogP contribution in [-0.2, 0) is 4.79 Å². The van der Waals surface area contributed by atoms with E-state index in [4.69, 9.17) is 0 Å². The Morgan fingerprint density at radius 1 is 1.07 bits per heavy atom. The Balaban J connectivity index is 1.10. The van der Waals surface area contributed by atoms with Gasteiger partial charge in [-0.2, -0.15) is 0 Å². The van der Waals surface area contributed by atoms with Gasteiger partial charge in [-0.25, -0.2) is 0 Å². The monoisotopic (exact) mass is 489 g/mol. The van der Waals surface area contributed by atoms with Crippen molar-refractivity contribution in [3.63, 3.8) is 0 Å². The summed E-state index contributed by atoms with van der Waals surface area (Å²) >= 11 is 2.42. The average molecular weight is 489 g/mol. The molecule has 0 radical (unpaired) electrons. The van der Waals surface area contributed by atoms with Crippen molar-refractivity contribution >= 4 is 28.5 Å². The maximum Gasteiger partial charge on any atom is 0.253 e. The van der Waals surface area contributed by atoms with Gasteiger partial charge in [0.2, 0.25) is 0 Å². The smallest absolute Gasteiger partial charge is 0.253 e. The number of hydrogen-bond donors (Lipinski definition) is 1. The zero-order valence-corrected chi connectivity index (χ0v) is 18.4. The van der Waals surface area contributed by atoms with E-state index in [0.29, 0.717) is 16.0 Å². The molecule has 1 N–H and O–H groups in total. The summed E-state index contributed by atoms with van der Waals surface area (Å²) in [6.45, 7) is 3.64. The van der Waals surface area contributed by atoms with Crippen LogP contribution in [0.2, 0.25) is 0 Å². The lowest BCUT2D eigenvalue weighted by molar-refractivity contribution is -0.129. The topological polar surface area (TPSA) is 35.6 Å². The van der Waals surface area contributed by atoms with Gasteiger partial charge in [0.15, 0.2) is 0 Å². The van der Waals surface area contributed by atoms with Crippen LogP contribution in [0.4, 0.5) is 0 Å². The molecule has 1 amide bonds. The highest BCUT2D eigenvalue weighted by Gasteiger charge is 2.55. The van der Waals surface area contributed by atoms with Crippen LogP contribution in [0.15, 0.2) is 46.7 Å². The summed E-state index contributed by atoms with van der Waals surface area (Å²) in [5.74, 6) is 2.62. The van der Waals surface area contributed by atoms with Crippen molar-refractivity contribution in [3.8, 4) is 0 Å². The number of nitrogens with one attached hydrogen (secondary N) is 1. The molecule has 6 rings (SSSR count). The number of carbonyl (C=O) groups excluding carboxylic acids is 1. The van der Waals surface area contributed by atoms with Crippen molar-refractivity contribution in [2.45, 2.75) is 42.2 Å². The highest BCUT2D eigenvalue weighted by atomic mass is 127. The molecule has 0 aromatic heterocycles. The summed E-state index contributed by atoms with van der Waals surface area (Å²) in [4.78, 5) is 17.5. The molecule has 3 fully saturated rings. The summed E-state index contributed by atoms with van der Waals surface area (Å²) in [7, 11) is 0. The lowest BCUT2D eigenvalue weighted by Gasteiger charge is -2.41. The second-order valence-electron chi connectivity index (χ2n) is 9.20. The quantitative estimate of drug-likeness (QED) is 0.486. The van der Waals surface area contributed by atoms with Gasteiger partial charge in [-0.15, -0.1) is 0 Å². The number of rotatable bonds is 4. The van der Waals surface area contributed by atoms with E-state index >= 15 is 0 Å². The molecule has 0 aromatic rings. The van der Waals surface area contributed by atoms with Gasteiger partial charge in [-0.3, -0.25) is 9.69 Å². The van der Waals surface area contributed by atoms with Gasteiger partial charge in [0.25, 0.3) is 5.91 Å². The molecule has 2 unspecified atom stereocenters. The van der Waals surface area contributed by atoms with Gasteiger partial charge < -0.3 is 10.2 Å². The van der Waals surface area contributed by atoms with E-state index < -0.39 is 0 Å². The van der Waals surface area contributed by atoms with Gasteiger partial charge in [-0.1, -0.05) is 46.4 Å². The number of hydrogen-bond acceptors (Lipinski definition) is 3. The summed E-state index contributed by atoms with van der Waals surface area (Å²) in [5.41, 5.74) is 6.05. The minimum atomic E-state index is 0.218. The number of piperazine rings is 1. The van der Waals surface area contributed by atoms with Crippen molar-refractivity contribution in [2.75, 3.05) is 26.2 Å². The van der Waals surface area contributed by atoms with E-state index in [1.165, 1.54) is 25.7 Å². The number of halogens is 1. The van der Waals surface area contributed by atoms with Gasteiger partial charge in [0.05, 0.1) is 6.17 Å². The Morgan fingerprint density at radius 2 is 1.82 bits per heavy atom. The lowest BCUT2D eigenvalue weighted by Crippen LogP contribution is -2.57. The van der Waals surface area contributed by atoms with Crippen molar-refractivity contribution in [1.82, 2.24) is 15.1 Å². The number of nitrogens with zero attached hydrogens (tertiary/aromatic N) is 2. The molecule has 4 nitrogen and oxygen atoms in total. The summed E-state index contributed by atoms with van der Waals surface area (Å²) in [6.07, 6.45) is 15.6. The van der Waals surface area contributed by atoms with Crippen LogP contribution in [0.5, 0.6) is 0 Å². The zero-order chi connectivity index (χ0) is 18.8. The molecule has 2 aliphatic heterocycles. The normalized spacial score (nSPS) is 35.2. The van der Waals surface area contributed by atoms with Crippen molar-refractivity contribution in [1.29, 1.82) is 0 Å². The summed E-state index contributed by atoms with van der Waals surface area (Å²) in [6, 6.07) is 0. The van der Waals surface area contributed by atoms with Crippen molar-refractivity contribution < 1.29 is 4.79 Å². The Labute approximate surface area is 180 Å². The average Bonchev–Trinajstić information content (AvgIpc) is 3.57. The molecule has 6 aliphatic rings. The van der Waals surface area contributed by atoms with Crippen molar-refractivity contribution in [2.24, 2.45) is 17.8 Å². The molecule has 28 heavy (non-hydrogen) atoms. The van der Waals surface area contributed by atoms with Crippen LogP contribution in [-0.4, -0.2) is 52.0 Å². The SMILES string of the molecule is O=C(C1=CCC(I)C=C1)N1CCN(C2NC=C(C3CC3)C3=C(C4CC4)[C@@H]32)CC1. The van der Waals surface area contributed by atoms with Crippen LogP contribution in [0, 0.1) is 17.8 Å². The highest BCUT2D eigenvalue weighted by Crippen LogP contribution is 2.62. The van der Waals surface area contributed by atoms with Crippen LogP contribution in [0.1, 0.15) is 32.1 Å². The largest absolute Gasteiger partial charge is 0.374 e. The summed E-state index contributed by atoms with van der Waals surface area (Å²) < 4.78 is 0.526. The number of fused-ring (bicyclic) bond motifs is 1. The van der Waals surface area contributed by atoms with Crippen LogP contribution >= 0.6 is 22.6 Å². The van der Waals surface area contributed by atoms with Gasteiger partial charge in [-0.05, 0) is 55.1 Å². The Bertz CT molecular complexity index is 825. The third-order valence-electron chi connectivity index (χ3n) is 7.23. The zero-order valence-electron chi connectivity index (χ0n) is 16.2. The van der Waals surface area contributed by atoms with E-state index in [1.807, 2.05) is 6.08 Å². The van der Waals surface area contributed by atoms with Gasteiger partial charge in [0.1, 0.15) is 0 Å². The van der Waals surface area contributed by atoms with E-state index in [9.17, 15) is 4.79 Å². The Hall–Kier alpha value is -1.08. The summed E-state index contributed by atoms with van der Waals surface area (Å²) in [5, 5.41) is 3.77. The molecule has 148 valence electrons. The Morgan fingerprint density at radius 3 is 2.46 bits per heavy atom. The van der Waals surface area contributed by atoms with Gasteiger partial charge >= 0.3 is 0 Å². The van der Waals surface area contributed by atoms with Crippen LogP contribution < -0.4 is 5.32 Å². The predicted molar refractivity (Wildman–Crippen MR) is 119 cm³/mol. The van der Waals surface area contributed by atoms with E-state index in [1.54, 1.807) is 16.7 Å². The number of amides is 1. The second-order valence-corrected chi connectivity index (χ2v) is 10.8. The number of carbonyl (C=O) groups is 1. The molecular weight excluding hydrogens is 461 g/mol. The van der Waals surface area contributed by atoms with Crippen molar-refractivity contribution in [3.05, 3.63) is 46.7 Å². The first-order valence-electron chi connectivity index (χ1n) is 11.0. The van der Waals surface area contributed by atoms with E-state index in [2.05, 4.69) is 56.1 Å². The lowest BCUT2D eigenvalue weighted by atomic mass is 10.00. The maximum absolute atomic E-state index is 12.8. The van der Waals surface area contributed by atoms with E-state index in [-0.39, 0.29) is 5.91 Å². The minimum Gasteiger partial charge on any atom is -0.374 e. The predicted octanol–water partition coefficient (Wildman–Crippen LogP) is 3.38. The molecule has 0 bridgehead atoms. The molecule has 0 aromatic carbocycles. The fraction of sp³-hybridized carbons (Fsp3) is 0.609.